The predicted molar refractivity (Wildman–Crippen MR) is 291 cm³/mol. The monoisotopic (exact) mass is 1240 g/mol. The Morgan fingerprint density at radius 2 is 1.42 bits per heavy atom. The van der Waals surface area contributed by atoms with Gasteiger partial charge in [0.1, 0.15) is 18.6 Å². The number of carbonyl (C=O) groups is 10. The van der Waals surface area contributed by atoms with Gasteiger partial charge in [-0.3, -0.25) is 19.3 Å². The van der Waals surface area contributed by atoms with Crippen LogP contribution in [0.2, 0.25) is 0 Å². The third-order valence-electron chi connectivity index (χ3n) is 12.9. The zero-order chi connectivity index (χ0) is 57.2. The van der Waals surface area contributed by atoms with Gasteiger partial charge >= 0.3 is 378 Å². The molecule has 6 rings (SSSR count). The van der Waals surface area contributed by atoms with Crippen molar-refractivity contribution in [2.24, 2.45) is 28.1 Å². The van der Waals surface area contributed by atoms with Gasteiger partial charge in [-0.1, -0.05) is 20.3 Å². The molecule has 2 aromatic heterocycles. The number of amides is 11. The number of hydrogen-bond acceptors (Lipinski definition) is 14. The van der Waals surface area contributed by atoms with Crippen LogP contribution in [-0.4, -0.2) is 160 Å². The summed E-state index contributed by atoms with van der Waals surface area (Å²) in [6.07, 6.45) is 5.16. The average Bonchev–Trinajstić information content (AvgIpc) is 4.19. The first kappa shape index (κ1) is 60.8. The van der Waals surface area contributed by atoms with E-state index in [2.05, 4.69) is 62.5 Å². The number of para-hydroxylation sites is 1. The molecule has 2 aromatic carbocycles. The summed E-state index contributed by atoms with van der Waals surface area (Å²) in [7, 11) is 1.99. The number of benzene rings is 2. The van der Waals surface area contributed by atoms with Crippen LogP contribution in [0.1, 0.15) is 50.4 Å². The Hall–Kier alpha value is -7.41. The van der Waals surface area contributed by atoms with Crippen molar-refractivity contribution in [2.75, 3.05) is 27.0 Å². The van der Waals surface area contributed by atoms with Crippen molar-refractivity contribution in [3.8, 4) is 0 Å². The van der Waals surface area contributed by atoms with Crippen LogP contribution >= 0.6 is 21.6 Å². The molecule has 426 valence electrons. The smallest absolute Gasteiger partial charge is 0.273 e. The maximum absolute atomic E-state index is 14.7. The molecule has 0 spiro atoms. The Morgan fingerprint density at radius 3 is 2.11 bits per heavy atom. The summed E-state index contributed by atoms with van der Waals surface area (Å²) in [5.74, 6) is -8.16. The van der Waals surface area contributed by atoms with Gasteiger partial charge in [0.25, 0.3) is 5.91 Å². The number of aromatic nitrogens is 3. The van der Waals surface area contributed by atoms with E-state index in [1.807, 2.05) is 31.2 Å². The average molecular weight is 1240 g/mol. The number of nitrogens with one attached hydrogen (secondary N) is 10. The number of nitrogens with two attached hydrogens (primary N) is 3. The van der Waals surface area contributed by atoms with E-state index in [0.29, 0.717) is 17.7 Å². The summed E-state index contributed by atoms with van der Waals surface area (Å²) >= 11 is -1.03. The van der Waals surface area contributed by atoms with Crippen LogP contribution in [-0.2, 0) is 62.4 Å². The van der Waals surface area contributed by atoms with Gasteiger partial charge in [-0.2, -0.15) is 0 Å². The third-order valence-corrected chi connectivity index (χ3v) is 17.7. The summed E-state index contributed by atoms with van der Waals surface area (Å²) < 4.78 is 0.228. The van der Waals surface area contributed by atoms with Gasteiger partial charge in [-0.15, -0.1) is 0 Å². The number of hydrogen-bond donors (Lipinski definition) is 13. The number of alkyl halides is 2. The van der Waals surface area contributed by atoms with Gasteiger partial charge in [-0.05, 0) is 5.92 Å². The molecule has 26 nitrogen and oxygen atoms in total. The molecule has 0 saturated carbocycles. The Kier molecular flexibility index (Phi) is 22.7. The molecule has 2 aliphatic rings. The molecular weight excluding hydrogens is 1180 g/mol. The van der Waals surface area contributed by atoms with Gasteiger partial charge in [0, 0.05) is 0 Å². The standard InChI is InChI=1S/C50H66IN16O10S2/c1-4-26(2)40-48(76)67(50(77)66-40)21-39(68)60-38-23-79-78-22-37(41(52)69)65-43(71)33(15-14-29-19-56-32-13-9-8-12-31(29)32)61-46(74)36(18-51-24-57-49(53)54)64-44(72)34(16-28-10-6-5-7-11-28)63-45(73)35(17-30-20-55-25-58-30)62-42(70)27(3)59-47(38)75/h5-13,19-20,25-27,33-38,40,56H,4,14-18,21-24H2,1-3H3,(H2,52,69)(H,55,58)(H,59,75)(H,60,68)(H,61,74)(H,62,70)(H,63,73)(H,64,72)(H,65,71)(H,66,77)(H4,53,54,57)/q-1. The SMILES string of the molecule is CCC(C)C1NC(=O)N(CC(=O)NC2CSSCC(C(N)=O)NC(=O)C(CCc3c[nH]c4ccccc34)NC(=O)C(C[I-]CN=C(N)N)NC(=O)C(Cc3ccccc3)NC(=O)C(Cc3cnc[nH]3)NC(=O)C(C)NC2=O)C1=O. The summed E-state index contributed by atoms with van der Waals surface area (Å²) in [5, 5.41) is 22.2. The molecule has 11 amide bonds. The first-order valence-electron chi connectivity index (χ1n) is 25.2. The van der Waals surface area contributed by atoms with Crippen LogP contribution in [0.25, 0.3) is 10.9 Å². The number of aliphatic imine (C=N–C) groups is 1. The fourth-order valence-corrected chi connectivity index (χ4v) is 12.8. The number of halogens is 1. The quantitative estimate of drug-likeness (QED) is 0.00688. The number of rotatable bonds is 17. The van der Waals surface area contributed by atoms with Gasteiger partial charge in [0.05, 0.1) is 0 Å². The number of primary amides is 1. The molecule has 2 fully saturated rings. The van der Waals surface area contributed by atoms with Gasteiger partial charge in [-0.25, -0.2) is 4.79 Å². The molecule has 2 aliphatic heterocycles. The van der Waals surface area contributed by atoms with E-state index in [-0.39, 0.29) is 58.0 Å². The number of urea groups is 1. The zero-order valence-corrected chi connectivity index (χ0v) is 47.3. The number of imidazole rings is 1. The minimum absolute atomic E-state index is 0.00449. The van der Waals surface area contributed by atoms with E-state index < -0.39 is 135 Å². The minimum atomic E-state index is -1.44. The molecular formula is C50H66IN16O10S2-. The Labute approximate surface area is 473 Å². The number of carbonyl (C=O) groups excluding carboxylic acids is 10. The molecule has 16 N–H and O–H groups in total. The second-order valence-electron chi connectivity index (χ2n) is 18.8. The molecule has 2 saturated heterocycles. The van der Waals surface area contributed by atoms with Gasteiger partial charge in [0.15, 0.2) is 0 Å². The Balaban J connectivity index is 1.34. The van der Waals surface area contributed by atoms with E-state index in [9.17, 15) is 47.9 Å². The number of aromatic amines is 2. The van der Waals surface area contributed by atoms with Crippen molar-refractivity contribution in [1.29, 1.82) is 0 Å². The van der Waals surface area contributed by atoms with Crippen molar-refractivity contribution in [1.82, 2.24) is 62.4 Å². The third kappa shape index (κ3) is 17.8. The molecule has 0 aliphatic carbocycles. The van der Waals surface area contributed by atoms with E-state index in [1.54, 1.807) is 43.5 Å². The summed E-state index contributed by atoms with van der Waals surface area (Å²) in [4.78, 5) is 154. The minimum Gasteiger partial charge on any atom is -0.273 e. The molecule has 29 heteroatoms. The molecule has 79 heavy (non-hydrogen) atoms. The molecule has 9 unspecified atom stereocenters. The number of nitrogens with zero attached hydrogens (tertiary/aromatic N) is 3. The van der Waals surface area contributed by atoms with E-state index >= 15 is 0 Å². The molecule has 0 radical (unpaired) electrons. The second-order valence-corrected chi connectivity index (χ2v) is 24.0. The molecule has 4 aromatic rings. The molecule has 4 heterocycles. The number of fused-ring (bicyclic) bond motifs is 1. The Bertz CT molecular complexity index is 2860. The first-order valence-corrected chi connectivity index (χ1v) is 30.8. The normalized spacial score (nSPS) is 23.8. The van der Waals surface area contributed by atoms with Crippen molar-refractivity contribution >= 4 is 97.6 Å². The fraction of sp³-hybridized carbons (Fsp3) is 0.440. The van der Waals surface area contributed by atoms with E-state index in [4.69, 9.17) is 17.2 Å². The zero-order valence-electron chi connectivity index (χ0n) is 43.5. The summed E-state index contributed by atoms with van der Waals surface area (Å²) in [6.45, 7) is 4.22. The van der Waals surface area contributed by atoms with Crippen molar-refractivity contribution in [2.45, 2.75) is 101 Å². The maximum atomic E-state index is 14.7. The van der Waals surface area contributed by atoms with Crippen LogP contribution in [0.3, 0.4) is 0 Å². The summed E-state index contributed by atoms with van der Waals surface area (Å²) in [5.41, 5.74) is 19.7. The van der Waals surface area contributed by atoms with Crippen molar-refractivity contribution in [3.05, 3.63) is 90.1 Å². The predicted octanol–water partition coefficient (Wildman–Crippen LogP) is -5.11. The number of guanidine groups is 1. The summed E-state index contributed by atoms with van der Waals surface area (Å²) in [6, 6.07) is 5.02. The van der Waals surface area contributed by atoms with E-state index in [1.165, 1.54) is 19.4 Å². The number of H-pyrrole nitrogens is 2. The second kappa shape index (κ2) is 29.5. The number of aryl methyl sites for hydroxylation is 1. The van der Waals surface area contributed by atoms with Crippen LogP contribution in [0, 0.1) is 5.92 Å². The van der Waals surface area contributed by atoms with Crippen molar-refractivity contribution in [3.63, 3.8) is 0 Å². The fourth-order valence-electron chi connectivity index (χ4n) is 8.31. The van der Waals surface area contributed by atoms with Crippen LogP contribution in [0.15, 0.2) is 78.3 Å². The van der Waals surface area contributed by atoms with Crippen LogP contribution < -0.4 is 80.9 Å². The number of imide groups is 1. The van der Waals surface area contributed by atoms with Crippen LogP contribution in [0.5, 0.6) is 0 Å². The van der Waals surface area contributed by atoms with Gasteiger partial charge < -0.3 is 10.6 Å². The van der Waals surface area contributed by atoms with Gasteiger partial charge in [0.2, 0.25) is 11.8 Å². The Morgan fingerprint density at radius 1 is 0.772 bits per heavy atom. The molecule has 9 atom stereocenters. The van der Waals surface area contributed by atoms with Crippen molar-refractivity contribution < 1.29 is 69.2 Å². The van der Waals surface area contributed by atoms with Crippen LogP contribution in [0.4, 0.5) is 4.79 Å². The topological polar surface area (TPSA) is 405 Å². The van der Waals surface area contributed by atoms with E-state index in [0.717, 1.165) is 43.0 Å². The first-order chi connectivity index (χ1) is 37.8. The molecule has 0 bridgehead atoms.